The predicted molar refractivity (Wildman–Crippen MR) is 100 cm³/mol. The molecule has 0 aromatic carbocycles. The molecular weight excluding hydrogens is 310 g/mol. The second-order valence-corrected chi connectivity index (χ2v) is 10.6. The Hall–Kier alpha value is -0.120. The van der Waals surface area contributed by atoms with Gasteiger partial charge in [-0.3, -0.25) is 0 Å². The first-order valence-electron chi connectivity index (χ1n) is 11.0. The highest BCUT2D eigenvalue weighted by Crippen LogP contribution is 2.65. The van der Waals surface area contributed by atoms with Gasteiger partial charge in [-0.25, -0.2) is 0 Å². The maximum Gasteiger partial charge on any atom is 0.101 e. The van der Waals surface area contributed by atoms with Gasteiger partial charge in [-0.1, -0.05) is 13.8 Å². The first kappa shape index (κ1) is 18.3. The maximum absolute atomic E-state index is 10.2. The van der Waals surface area contributed by atoms with E-state index < -0.39 is 0 Å². The van der Waals surface area contributed by atoms with Crippen LogP contribution in [0.2, 0.25) is 0 Å². The molecule has 3 heteroatoms. The highest BCUT2D eigenvalue weighted by molar-refractivity contribution is 5.09. The van der Waals surface area contributed by atoms with E-state index in [0.29, 0.717) is 17.4 Å². The van der Waals surface area contributed by atoms with E-state index in [9.17, 15) is 10.2 Å². The minimum Gasteiger partial charge on any atom is -0.393 e. The summed E-state index contributed by atoms with van der Waals surface area (Å²) in [6, 6.07) is 0.740. The average Bonchev–Trinajstić information content (AvgIpc) is 2.93. The summed E-state index contributed by atoms with van der Waals surface area (Å²) in [6.45, 7) is 6.39. The van der Waals surface area contributed by atoms with Gasteiger partial charge in [0.2, 0.25) is 0 Å². The minimum atomic E-state index is -0.0323. The number of aliphatic hydroxyl groups is 2. The molecule has 4 fully saturated rings. The molecule has 144 valence electrons. The van der Waals surface area contributed by atoms with E-state index in [2.05, 4.69) is 20.9 Å². The van der Waals surface area contributed by atoms with E-state index in [1.54, 1.807) is 4.90 Å². The van der Waals surface area contributed by atoms with Crippen molar-refractivity contribution in [3.63, 3.8) is 0 Å². The SMILES string of the molecule is C[NH+](CCO)[C@H]1CC[C@@H]2[C@@H]3CC[C@H]4C[C@H](O)CC[C@]4(C)[C@H]3CC[C@@]21C. The maximum atomic E-state index is 10.2. The number of hydrogen-bond acceptors (Lipinski definition) is 2. The van der Waals surface area contributed by atoms with Crippen molar-refractivity contribution in [3.05, 3.63) is 0 Å². The van der Waals surface area contributed by atoms with Gasteiger partial charge in [0, 0.05) is 11.8 Å². The normalized spacial score (nSPS) is 53.6. The van der Waals surface area contributed by atoms with Crippen LogP contribution >= 0.6 is 0 Å². The minimum absolute atomic E-state index is 0.0323. The molecule has 0 aromatic heterocycles. The lowest BCUT2D eigenvalue weighted by Gasteiger charge is -2.60. The van der Waals surface area contributed by atoms with Crippen LogP contribution in [0.1, 0.15) is 71.6 Å². The molecule has 0 amide bonds. The average molecular weight is 351 g/mol. The molecular formula is C22H40NO2+. The van der Waals surface area contributed by atoms with Crippen LogP contribution in [-0.2, 0) is 0 Å². The largest absolute Gasteiger partial charge is 0.393 e. The molecule has 3 nitrogen and oxygen atoms in total. The topological polar surface area (TPSA) is 44.9 Å². The first-order chi connectivity index (χ1) is 11.9. The van der Waals surface area contributed by atoms with Gasteiger partial charge in [-0.15, -0.1) is 0 Å². The summed E-state index contributed by atoms with van der Waals surface area (Å²) < 4.78 is 0. The Bertz CT molecular complexity index is 496. The molecule has 9 atom stereocenters. The molecule has 3 N–H and O–H groups in total. The van der Waals surface area contributed by atoms with Crippen LogP contribution in [0.25, 0.3) is 0 Å². The van der Waals surface area contributed by atoms with E-state index in [1.165, 1.54) is 44.9 Å². The molecule has 0 heterocycles. The van der Waals surface area contributed by atoms with E-state index >= 15 is 0 Å². The van der Waals surface area contributed by atoms with Crippen molar-refractivity contribution in [1.82, 2.24) is 0 Å². The van der Waals surface area contributed by atoms with Gasteiger partial charge in [0.15, 0.2) is 0 Å². The smallest absolute Gasteiger partial charge is 0.101 e. The van der Waals surface area contributed by atoms with E-state index in [1.807, 2.05) is 0 Å². The Morgan fingerprint density at radius 1 is 0.920 bits per heavy atom. The molecule has 4 aliphatic carbocycles. The molecule has 4 rings (SSSR count). The molecule has 25 heavy (non-hydrogen) atoms. The molecule has 0 saturated heterocycles. The number of rotatable bonds is 3. The van der Waals surface area contributed by atoms with Crippen LogP contribution in [0.15, 0.2) is 0 Å². The Morgan fingerprint density at radius 2 is 1.64 bits per heavy atom. The second kappa shape index (κ2) is 6.49. The molecule has 4 aliphatic rings. The Kier molecular flexibility index (Phi) is 4.74. The van der Waals surface area contributed by atoms with Crippen LogP contribution in [-0.4, -0.2) is 42.6 Å². The molecule has 0 spiro atoms. The van der Waals surface area contributed by atoms with E-state index in [0.717, 1.165) is 49.1 Å². The van der Waals surface area contributed by atoms with Gasteiger partial charge in [0.1, 0.15) is 6.54 Å². The highest BCUT2D eigenvalue weighted by Gasteiger charge is 2.61. The quantitative estimate of drug-likeness (QED) is 0.731. The summed E-state index contributed by atoms with van der Waals surface area (Å²) in [4.78, 5) is 1.56. The number of quaternary nitrogens is 1. The number of aliphatic hydroxyl groups excluding tert-OH is 2. The van der Waals surface area contributed by atoms with Crippen LogP contribution in [0, 0.1) is 34.5 Å². The lowest BCUT2D eigenvalue weighted by atomic mass is 9.45. The van der Waals surface area contributed by atoms with E-state index in [4.69, 9.17) is 0 Å². The van der Waals surface area contributed by atoms with Crippen molar-refractivity contribution < 1.29 is 15.1 Å². The fraction of sp³-hybridized carbons (Fsp3) is 1.00. The summed E-state index contributed by atoms with van der Waals surface area (Å²) in [5.41, 5.74) is 0.975. The highest BCUT2D eigenvalue weighted by atomic mass is 16.3. The molecule has 0 radical (unpaired) electrons. The summed E-state index contributed by atoms with van der Waals surface area (Å²) in [5.74, 6) is 3.48. The molecule has 1 unspecified atom stereocenters. The Morgan fingerprint density at radius 3 is 2.40 bits per heavy atom. The van der Waals surface area contributed by atoms with Gasteiger partial charge >= 0.3 is 0 Å². The van der Waals surface area contributed by atoms with Gasteiger partial charge < -0.3 is 15.1 Å². The van der Waals surface area contributed by atoms with Crippen LogP contribution in [0.5, 0.6) is 0 Å². The zero-order valence-electron chi connectivity index (χ0n) is 16.6. The summed E-state index contributed by atoms with van der Waals surface area (Å²) >= 11 is 0. The molecule has 0 aliphatic heterocycles. The number of fused-ring (bicyclic) bond motifs is 5. The zero-order valence-corrected chi connectivity index (χ0v) is 16.6. The number of nitrogens with one attached hydrogen (secondary N) is 1. The monoisotopic (exact) mass is 350 g/mol. The fourth-order valence-corrected chi connectivity index (χ4v) is 8.40. The molecule has 4 saturated carbocycles. The Labute approximate surface area is 154 Å². The van der Waals surface area contributed by atoms with Crippen molar-refractivity contribution >= 4 is 0 Å². The van der Waals surface area contributed by atoms with Crippen molar-refractivity contribution in [2.24, 2.45) is 34.5 Å². The van der Waals surface area contributed by atoms with Crippen molar-refractivity contribution in [1.29, 1.82) is 0 Å². The second-order valence-electron chi connectivity index (χ2n) is 10.6. The first-order valence-corrected chi connectivity index (χ1v) is 11.0. The standard InChI is InChI=1S/C22H39NO2/c1-21-10-8-16(25)14-15(21)4-5-17-18-6-7-20(23(3)12-13-24)22(18,2)11-9-19(17)21/h15-20,24-25H,4-14H2,1-3H3/p+1/t15-,16+,17-,18+,19-,20-,21-,22-/m0/s1. The van der Waals surface area contributed by atoms with Crippen LogP contribution in [0.4, 0.5) is 0 Å². The zero-order chi connectivity index (χ0) is 17.8. The summed E-state index contributed by atoms with van der Waals surface area (Å²) in [7, 11) is 2.31. The van der Waals surface area contributed by atoms with Crippen LogP contribution < -0.4 is 4.90 Å². The van der Waals surface area contributed by atoms with Crippen molar-refractivity contribution in [2.45, 2.75) is 83.8 Å². The molecule has 0 aromatic rings. The Balaban J connectivity index is 1.56. The third kappa shape index (κ3) is 2.72. The third-order valence-electron chi connectivity index (χ3n) is 9.74. The number of likely N-dealkylation sites (N-methyl/N-ethyl adjacent to an activating group) is 1. The lowest BCUT2D eigenvalue weighted by Crippen LogP contribution is -3.14. The van der Waals surface area contributed by atoms with Gasteiger partial charge in [0.05, 0.1) is 25.8 Å². The summed E-state index contributed by atoms with van der Waals surface area (Å²) in [5, 5.41) is 19.6. The molecule has 0 bridgehead atoms. The number of hydrogen-bond donors (Lipinski definition) is 3. The predicted octanol–water partition coefficient (Wildman–Crippen LogP) is 2.27. The van der Waals surface area contributed by atoms with E-state index in [-0.39, 0.29) is 6.10 Å². The fourth-order valence-electron chi connectivity index (χ4n) is 8.40. The van der Waals surface area contributed by atoms with Gasteiger partial charge in [-0.05, 0) is 80.5 Å². The summed E-state index contributed by atoms with van der Waals surface area (Å²) in [6.07, 6.45) is 11.6. The van der Waals surface area contributed by atoms with Crippen LogP contribution in [0.3, 0.4) is 0 Å². The van der Waals surface area contributed by atoms with Crippen molar-refractivity contribution in [2.75, 3.05) is 20.2 Å². The van der Waals surface area contributed by atoms with Crippen molar-refractivity contribution in [3.8, 4) is 0 Å². The van der Waals surface area contributed by atoms with Gasteiger partial charge in [-0.2, -0.15) is 0 Å². The van der Waals surface area contributed by atoms with Gasteiger partial charge in [0.25, 0.3) is 0 Å². The third-order valence-corrected chi connectivity index (χ3v) is 9.74. The lowest BCUT2D eigenvalue weighted by molar-refractivity contribution is -0.913.